The van der Waals surface area contributed by atoms with Gasteiger partial charge in [0.05, 0.1) is 0 Å². The Kier molecular flexibility index (Phi) is 4.88. The summed E-state index contributed by atoms with van der Waals surface area (Å²) >= 11 is 0. The van der Waals surface area contributed by atoms with Crippen LogP contribution in [0, 0.1) is 0 Å². The maximum atomic E-state index is 12.2. The number of rotatable bonds is 2. The van der Waals surface area contributed by atoms with Crippen LogP contribution in [-0.4, -0.2) is 17.0 Å². The lowest BCUT2D eigenvalue weighted by Crippen LogP contribution is -2.20. The number of fused-ring (bicyclic) bond motifs is 1. The number of anilines is 2. The highest BCUT2D eigenvalue weighted by Gasteiger charge is 2.11. The van der Waals surface area contributed by atoms with Crippen molar-refractivity contribution in [3.8, 4) is 0 Å². The van der Waals surface area contributed by atoms with Gasteiger partial charge in [-0.15, -0.1) is 12.4 Å². The van der Waals surface area contributed by atoms with E-state index in [1.807, 2.05) is 18.2 Å². The van der Waals surface area contributed by atoms with Gasteiger partial charge in [0.1, 0.15) is 0 Å². The van der Waals surface area contributed by atoms with Gasteiger partial charge in [0.25, 0.3) is 11.5 Å². The van der Waals surface area contributed by atoms with Gasteiger partial charge in [-0.3, -0.25) is 9.59 Å². The molecule has 6 heteroatoms. The maximum absolute atomic E-state index is 12.2. The fourth-order valence-corrected chi connectivity index (χ4v) is 2.45. The molecule has 0 saturated heterocycles. The van der Waals surface area contributed by atoms with Crippen LogP contribution in [0.3, 0.4) is 0 Å². The van der Waals surface area contributed by atoms with Gasteiger partial charge in [-0.25, -0.2) is 0 Å². The highest BCUT2D eigenvalue weighted by atomic mass is 35.5. The first-order valence-electron chi connectivity index (χ1n) is 6.98. The molecule has 0 spiro atoms. The van der Waals surface area contributed by atoms with Crippen molar-refractivity contribution in [3.05, 3.63) is 58.0 Å². The Morgan fingerprint density at radius 3 is 2.86 bits per heavy atom. The summed E-state index contributed by atoms with van der Waals surface area (Å²) in [5, 5.41) is 6.17. The number of halogens is 1. The SMILES string of the molecule is Cl.Cn1ccc(C(=O)Nc2ccc3c(c2)CCCN3)cc1=O. The quantitative estimate of drug-likeness (QED) is 0.893. The van der Waals surface area contributed by atoms with Crippen LogP contribution in [0.4, 0.5) is 11.4 Å². The molecule has 1 aromatic carbocycles. The van der Waals surface area contributed by atoms with Crippen LogP contribution in [0.15, 0.2) is 41.3 Å². The minimum absolute atomic E-state index is 0. The molecule has 0 bridgehead atoms. The largest absolute Gasteiger partial charge is 0.385 e. The van der Waals surface area contributed by atoms with Crippen molar-refractivity contribution in [2.24, 2.45) is 7.05 Å². The standard InChI is InChI=1S/C16H17N3O2.ClH/c1-19-8-6-12(10-15(19)20)16(21)18-13-4-5-14-11(9-13)3-2-7-17-14;/h4-6,8-10,17H,2-3,7H2,1H3,(H,18,21);1H. The molecule has 1 amide bonds. The zero-order valence-electron chi connectivity index (χ0n) is 12.3. The molecular weight excluding hydrogens is 302 g/mol. The molecule has 116 valence electrons. The summed E-state index contributed by atoms with van der Waals surface area (Å²) in [4.78, 5) is 23.7. The van der Waals surface area contributed by atoms with Gasteiger partial charge in [0.15, 0.2) is 0 Å². The van der Waals surface area contributed by atoms with Crippen molar-refractivity contribution in [2.75, 3.05) is 17.2 Å². The lowest BCUT2D eigenvalue weighted by Gasteiger charge is -2.18. The molecule has 0 unspecified atom stereocenters. The minimum Gasteiger partial charge on any atom is -0.385 e. The van der Waals surface area contributed by atoms with Crippen molar-refractivity contribution in [1.82, 2.24) is 4.57 Å². The number of hydrogen-bond donors (Lipinski definition) is 2. The fraction of sp³-hybridized carbons (Fsp3) is 0.250. The predicted molar refractivity (Wildman–Crippen MR) is 90.1 cm³/mol. The van der Waals surface area contributed by atoms with E-state index in [-0.39, 0.29) is 23.9 Å². The van der Waals surface area contributed by atoms with Crippen LogP contribution in [0.5, 0.6) is 0 Å². The Morgan fingerprint density at radius 1 is 1.27 bits per heavy atom. The normalized spacial score (nSPS) is 12.6. The fourth-order valence-electron chi connectivity index (χ4n) is 2.45. The molecule has 1 aliphatic rings. The van der Waals surface area contributed by atoms with E-state index in [4.69, 9.17) is 0 Å². The second-order valence-corrected chi connectivity index (χ2v) is 5.22. The second kappa shape index (κ2) is 6.66. The minimum atomic E-state index is -0.267. The van der Waals surface area contributed by atoms with Crippen LogP contribution in [0.1, 0.15) is 22.3 Å². The zero-order chi connectivity index (χ0) is 14.8. The first-order valence-corrected chi connectivity index (χ1v) is 6.98. The number of carbonyl (C=O) groups excluding carboxylic acids is 1. The van der Waals surface area contributed by atoms with Crippen molar-refractivity contribution >= 4 is 29.7 Å². The molecule has 0 radical (unpaired) electrons. The molecule has 5 nitrogen and oxygen atoms in total. The summed E-state index contributed by atoms with van der Waals surface area (Å²) in [5.41, 5.74) is 3.27. The number of benzene rings is 1. The lowest BCUT2D eigenvalue weighted by atomic mass is 10.0. The van der Waals surface area contributed by atoms with Gasteiger partial charge in [-0.1, -0.05) is 0 Å². The molecule has 1 aromatic heterocycles. The molecule has 22 heavy (non-hydrogen) atoms. The molecule has 0 saturated carbocycles. The number of aryl methyl sites for hydroxylation is 2. The van der Waals surface area contributed by atoms with Gasteiger partial charge in [-0.05, 0) is 42.7 Å². The van der Waals surface area contributed by atoms with Crippen LogP contribution >= 0.6 is 12.4 Å². The average Bonchev–Trinajstić information content (AvgIpc) is 2.50. The maximum Gasteiger partial charge on any atom is 0.255 e. The molecular formula is C16H18ClN3O2. The number of nitrogens with zero attached hydrogens (tertiary/aromatic N) is 1. The lowest BCUT2D eigenvalue weighted by molar-refractivity contribution is 0.102. The molecule has 3 rings (SSSR count). The van der Waals surface area contributed by atoms with Crippen LogP contribution in [-0.2, 0) is 13.5 Å². The van der Waals surface area contributed by atoms with Gasteiger partial charge in [0.2, 0.25) is 0 Å². The third kappa shape index (κ3) is 3.31. The van der Waals surface area contributed by atoms with E-state index < -0.39 is 0 Å². The monoisotopic (exact) mass is 319 g/mol. The molecule has 2 N–H and O–H groups in total. The third-order valence-corrected chi connectivity index (χ3v) is 3.67. The van der Waals surface area contributed by atoms with Crippen molar-refractivity contribution in [3.63, 3.8) is 0 Å². The second-order valence-electron chi connectivity index (χ2n) is 5.22. The Labute approximate surface area is 134 Å². The van der Waals surface area contributed by atoms with Gasteiger partial charge < -0.3 is 15.2 Å². The Morgan fingerprint density at radius 2 is 2.09 bits per heavy atom. The number of nitrogens with one attached hydrogen (secondary N) is 2. The summed E-state index contributed by atoms with van der Waals surface area (Å²) < 4.78 is 1.43. The molecule has 0 aliphatic carbocycles. The first kappa shape index (κ1) is 16.1. The van der Waals surface area contributed by atoms with Crippen molar-refractivity contribution in [1.29, 1.82) is 0 Å². The molecule has 1 aliphatic heterocycles. The van der Waals surface area contributed by atoms with Crippen LogP contribution in [0.2, 0.25) is 0 Å². The molecule has 0 fully saturated rings. The summed E-state index contributed by atoms with van der Waals surface area (Å²) in [6.45, 7) is 0.992. The summed E-state index contributed by atoms with van der Waals surface area (Å²) in [6, 6.07) is 8.82. The third-order valence-electron chi connectivity index (χ3n) is 3.67. The van der Waals surface area contributed by atoms with Crippen molar-refractivity contribution in [2.45, 2.75) is 12.8 Å². The number of carbonyl (C=O) groups is 1. The Balaban J connectivity index is 0.00000176. The number of amides is 1. The van der Waals surface area contributed by atoms with E-state index in [1.165, 1.54) is 16.2 Å². The first-order chi connectivity index (χ1) is 10.1. The summed E-state index contributed by atoms with van der Waals surface area (Å²) in [7, 11) is 1.65. The summed E-state index contributed by atoms with van der Waals surface area (Å²) in [6.07, 6.45) is 3.70. The van der Waals surface area contributed by atoms with E-state index in [1.54, 1.807) is 19.3 Å². The van der Waals surface area contributed by atoms with E-state index >= 15 is 0 Å². The Hall–Kier alpha value is -2.27. The predicted octanol–water partition coefficient (Wildman–Crippen LogP) is 2.42. The highest BCUT2D eigenvalue weighted by Crippen LogP contribution is 2.25. The topological polar surface area (TPSA) is 63.1 Å². The van der Waals surface area contributed by atoms with E-state index in [9.17, 15) is 9.59 Å². The van der Waals surface area contributed by atoms with Crippen molar-refractivity contribution < 1.29 is 4.79 Å². The molecule has 0 atom stereocenters. The van der Waals surface area contributed by atoms with Crippen LogP contribution < -0.4 is 16.2 Å². The molecule has 2 aromatic rings. The van der Waals surface area contributed by atoms with Gasteiger partial charge in [0, 0.05) is 42.8 Å². The smallest absolute Gasteiger partial charge is 0.255 e. The summed E-state index contributed by atoms with van der Waals surface area (Å²) in [5.74, 6) is -0.267. The number of pyridine rings is 1. The Bertz CT molecular complexity index is 755. The highest BCUT2D eigenvalue weighted by molar-refractivity contribution is 6.04. The van der Waals surface area contributed by atoms with Crippen LogP contribution in [0.25, 0.3) is 0 Å². The van der Waals surface area contributed by atoms with E-state index in [2.05, 4.69) is 10.6 Å². The number of aromatic nitrogens is 1. The number of hydrogen-bond acceptors (Lipinski definition) is 3. The average molecular weight is 320 g/mol. The van der Waals surface area contributed by atoms with E-state index in [0.717, 1.165) is 30.8 Å². The van der Waals surface area contributed by atoms with Gasteiger partial charge in [-0.2, -0.15) is 0 Å². The van der Waals surface area contributed by atoms with Gasteiger partial charge >= 0.3 is 0 Å². The zero-order valence-corrected chi connectivity index (χ0v) is 13.1. The van der Waals surface area contributed by atoms with E-state index in [0.29, 0.717) is 5.56 Å². The molecule has 2 heterocycles.